The van der Waals surface area contributed by atoms with E-state index in [1.165, 1.54) is 12.1 Å². The Hall–Kier alpha value is -1.99. The molecule has 0 unspecified atom stereocenters. The van der Waals surface area contributed by atoms with Crippen molar-refractivity contribution in [2.45, 2.75) is 19.6 Å². The van der Waals surface area contributed by atoms with Crippen molar-refractivity contribution in [2.24, 2.45) is 0 Å². The number of hydrogen-bond acceptors (Lipinski definition) is 2. The summed E-state index contributed by atoms with van der Waals surface area (Å²) in [5.41, 5.74) is 1.41. The van der Waals surface area contributed by atoms with Gasteiger partial charge in [0.05, 0.1) is 11.4 Å². The fraction of sp³-hybridized carbons (Fsp3) is 0.167. The van der Waals surface area contributed by atoms with Crippen molar-refractivity contribution in [3.63, 3.8) is 0 Å². The molecule has 2 N–H and O–H groups in total. The van der Waals surface area contributed by atoms with E-state index in [2.05, 4.69) is 16.8 Å². The molecule has 0 aromatic heterocycles. The Morgan fingerprint density at radius 1 is 1.15 bits per heavy atom. The third-order valence-electron chi connectivity index (χ3n) is 3.20. The second kappa shape index (κ2) is 7.71. The first kappa shape index (κ1) is 20.3. The van der Waals surface area contributed by atoms with Crippen LogP contribution in [0.2, 0.25) is 19.6 Å². The van der Waals surface area contributed by atoms with E-state index < -0.39 is 42.7 Å². The maximum atomic E-state index is 14.3. The fourth-order valence-electron chi connectivity index (χ4n) is 2.04. The second-order valence-electron chi connectivity index (χ2n) is 6.52. The average Bonchev–Trinajstić information content (AvgIpc) is 2.51. The van der Waals surface area contributed by atoms with Gasteiger partial charge in [-0.25, -0.2) is 18.0 Å². The highest BCUT2D eigenvalue weighted by molar-refractivity contribution is 14.1. The van der Waals surface area contributed by atoms with Gasteiger partial charge in [0, 0.05) is 9.13 Å². The molecule has 0 atom stereocenters. The molecule has 0 saturated carbocycles. The predicted molar refractivity (Wildman–Crippen MR) is 106 cm³/mol. The molecule has 2 aromatic carbocycles. The van der Waals surface area contributed by atoms with Gasteiger partial charge in [-0.2, -0.15) is 0 Å². The summed E-state index contributed by atoms with van der Waals surface area (Å²) < 4.78 is 43.0. The molecule has 0 amide bonds. The predicted octanol–water partition coefficient (Wildman–Crippen LogP) is 5.38. The number of benzene rings is 2. The summed E-state index contributed by atoms with van der Waals surface area (Å²) >= 11 is 1.90. The number of carboxylic acid groups (broad SMARTS) is 1. The zero-order valence-electron chi connectivity index (χ0n) is 14.2. The van der Waals surface area contributed by atoms with Crippen LogP contribution in [0.4, 0.5) is 24.5 Å². The van der Waals surface area contributed by atoms with Crippen molar-refractivity contribution in [3.05, 3.63) is 56.4 Å². The molecule has 0 heterocycles. The summed E-state index contributed by atoms with van der Waals surface area (Å²) in [5, 5.41) is 11.9. The molecule has 0 aliphatic heterocycles. The molecule has 0 saturated heterocycles. The van der Waals surface area contributed by atoms with E-state index in [1.54, 1.807) is 6.07 Å². The van der Waals surface area contributed by atoms with Crippen LogP contribution in [0.1, 0.15) is 15.9 Å². The van der Waals surface area contributed by atoms with Gasteiger partial charge in [0.1, 0.15) is 19.5 Å². The molecule has 136 valence electrons. The van der Waals surface area contributed by atoms with Gasteiger partial charge in [-0.05, 0) is 46.9 Å². The van der Waals surface area contributed by atoms with Crippen molar-refractivity contribution in [2.75, 3.05) is 5.32 Å². The van der Waals surface area contributed by atoms with Crippen LogP contribution in [0.25, 0.3) is 0 Å². The van der Waals surface area contributed by atoms with Gasteiger partial charge in [0.2, 0.25) is 0 Å². The lowest BCUT2D eigenvalue weighted by atomic mass is 10.0. The van der Waals surface area contributed by atoms with Gasteiger partial charge >= 0.3 is 5.97 Å². The Morgan fingerprint density at radius 3 is 2.35 bits per heavy atom. The Kier molecular flexibility index (Phi) is 6.03. The Balaban J connectivity index is 2.68. The summed E-state index contributed by atoms with van der Waals surface area (Å²) in [6, 6.07) is 4.81. The van der Waals surface area contributed by atoms with Crippen LogP contribution in [0.3, 0.4) is 0 Å². The minimum Gasteiger partial charge on any atom is -0.478 e. The van der Waals surface area contributed by atoms with Gasteiger partial charge in [0.15, 0.2) is 11.6 Å². The van der Waals surface area contributed by atoms with Crippen LogP contribution in [0.5, 0.6) is 0 Å². The van der Waals surface area contributed by atoms with Crippen LogP contribution in [0.15, 0.2) is 24.3 Å². The number of hydrogen-bond donors (Lipinski definition) is 2. The summed E-state index contributed by atoms with van der Waals surface area (Å²) in [7, 11) is -1.89. The molecular weight excluding hydrogens is 474 g/mol. The maximum Gasteiger partial charge on any atom is 0.339 e. The molecule has 2 aromatic rings. The summed E-state index contributed by atoms with van der Waals surface area (Å²) in [6.07, 6.45) is 0. The minimum atomic E-state index is -1.89. The number of anilines is 2. The van der Waals surface area contributed by atoms with E-state index in [1.807, 2.05) is 42.2 Å². The highest BCUT2D eigenvalue weighted by atomic mass is 127. The topological polar surface area (TPSA) is 49.3 Å². The highest BCUT2D eigenvalue weighted by Crippen LogP contribution is 2.31. The summed E-state index contributed by atoms with van der Waals surface area (Å²) in [4.78, 5) is 11.7. The SMILES string of the molecule is C[Si](C)(C)C#Cc1cc(F)c(F)c(Nc2ccc(I)cc2F)c1C(=O)O. The van der Waals surface area contributed by atoms with Crippen molar-refractivity contribution in [1.82, 2.24) is 0 Å². The fourth-order valence-corrected chi connectivity index (χ4v) is 3.01. The third-order valence-corrected chi connectivity index (χ3v) is 4.74. The number of rotatable bonds is 3. The lowest BCUT2D eigenvalue weighted by Crippen LogP contribution is -2.17. The van der Waals surface area contributed by atoms with E-state index in [-0.39, 0.29) is 11.3 Å². The second-order valence-corrected chi connectivity index (χ2v) is 12.5. The zero-order chi connectivity index (χ0) is 19.6. The van der Waals surface area contributed by atoms with Crippen LogP contribution in [-0.2, 0) is 0 Å². The molecule has 0 aliphatic carbocycles. The minimum absolute atomic E-state index is 0.160. The maximum absolute atomic E-state index is 14.3. The first-order valence-corrected chi connectivity index (χ1v) is 12.1. The van der Waals surface area contributed by atoms with Crippen LogP contribution < -0.4 is 5.32 Å². The van der Waals surface area contributed by atoms with E-state index in [0.717, 1.165) is 6.07 Å². The number of nitrogens with one attached hydrogen (secondary N) is 1. The first-order chi connectivity index (χ1) is 12.0. The van der Waals surface area contributed by atoms with Gasteiger partial charge < -0.3 is 10.4 Å². The standard InChI is InChI=1S/C18H15F3INO2Si/c1-26(2,3)7-6-10-8-13(20)16(21)17(15(10)18(24)25)23-14-5-4-11(22)9-12(14)19/h4-5,8-9,23H,1-3H3,(H,24,25). The smallest absolute Gasteiger partial charge is 0.339 e. The van der Waals surface area contributed by atoms with Crippen molar-refractivity contribution >= 4 is 48.0 Å². The lowest BCUT2D eigenvalue weighted by molar-refractivity contribution is 0.0697. The average molecular weight is 489 g/mol. The molecule has 3 nitrogen and oxygen atoms in total. The molecule has 2 rings (SSSR count). The largest absolute Gasteiger partial charge is 0.478 e. The Morgan fingerprint density at radius 2 is 1.81 bits per heavy atom. The first-order valence-electron chi connectivity index (χ1n) is 7.50. The number of halogens is 4. The van der Waals surface area contributed by atoms with E-state index >= 15 is 0 Å². The molecule has 0 aliphatic rings. The monoisotopic (exact) mass is 489 g/mol. The summed E-state index contributed by atoms with van der Waals surface area (Å²) in [6.45, 7) is 5.79. The molecule has 0 spiro atoms. The zero-order valence-corrected chi connectivity index (χ0v) is 17.3. The Bertz CT molecular complexity index is 946. The van der Waals surface area contributed by atoms with Crippen LogP contribution >= 0.6 is 22.6 Å². The highest BCUT2D eigenvalue weighted by Gasteiger charge is 2.24. The van der Waals surface area contributed by atoms with Crippen molar-refractivity contribution < 1.29 is 23.1 Å². The number of carbonyl (C=O) groups is 1. The van der Waals surface area contributed by atoms with E-state index in [4.69, 9.17) is 0 Å². The van der Waals surface area contributed by atoms with Gasteiger partial charge in [-0.15, -0.1) is 5.54 Å². The molecule has 8 heteroatoms. The Labute approximate surface area is 163 Å². The molecule has 0 fully saturated rings. The van der Waals surface area contributed by atoms with E-state index in [9.17, 15) is 23.1 Å². The van der Waals surface area contributed by atoms with Gasteiger partial charge in [-0.1, -0.05) is 25.6 Å². The quantitative estimate of drug-likeness (QED) is 0.346. The number of carboxylic acids is 1. The van der Waals surface area contributed by atoms with Gasteiger partial charge in [-0.3, -0.25) is 0 Å². The molecular formula is C18H15F3INO2Si. The van der Waals surface area contributed by atoms with Crippen LogP contribution in [0, 0.1) is 32.5 Å². The third kappa shape index (κ3) is 4.79. The lowest BCUT2D eigenvalue weighted by Gasteiger charge is -2.14. The molecule has 26 heavy (non-hydrogen) atoms. The summed E-state index contributed by atoms with van der Waals surface area (Å²) in [5.74, 6) is -2.23. The number of aromatic carboxylic acids is 1. The normalized spacial score (nSPS) is 10.9. The molecule has 0 bridgehead atoms. The molecule has 0 radical (unpaired) electrons. The van der Waals surface area contributed by atoms with Crippen molar-refractivity contribution in [3.8, 4) is 11.5 Å². The van der Waals surface area contributed by atoms with E-state index in [0.29, 0.717) is 3.57 Å². The van der Waals surface area contributed by atoms with Crippen molar-refractivity contribution in [1.29, 1.82) is 0 Å². The van der Waals surface area contributed by atoms with Crippen LogP contribution in [-0.4, -0.2) is 19.1 Å². The van der Waals surface area contributed by atoms with Gasteiger partial charge in [0.25, 0.3) is 0 Å².